The van der Waals surface area contributed by atoms with E-state index < -0.39 is 29.1 Å². The summed E-state index contributed by atoms with van der Waals surface area (Å²) in [7, 11) is 1.31. The van der Waals surface area contributed by atoms with E-state index in [9.17, 15) is 9.59 Å². The second kappa shape index (κ2) is 4.65. The van der Waals surface area contributed by atoms with Crippen molar-refractivity contribution in [2.75, 3.05) is 13.7 Å². The summed E-state index contributed by atoms with van der Waals surface area (Å²) in [6, 6.07) is 0. The molecular formula is C21H24O8. The molecule has 2 spiro atoms. The highest BCUT2D eigenvalue weighted by Crippen LogP contribution is 2.83. The fraction of sp³-hybridized carbons (Fsp3) is 0.810. The molecule has 5 fully saturated rings. The Balaban J connectivity index is 1.36. The minimum atomic E-state index is -0.717. The van der Waals surface area contributed by atoms with Gasteiger partial charge in [-0.1, -0.05) is 13.8 Å². The lowest BCUT2D eigenvalue weighted by molar-refractivity contribution is -0.136. The van der Waals surface area contributed by atoms with Crippen molar-refractivity contribution in [2.24, 2.45) is 11.3 Å². The molecule has 0 bridgehead atoms. The van der Waals surface area contributed by atoms with Crippen molar-refractivity contribution in [2.45, 2.75) is 80.7 Å². The first kappa shape index (κ1) is 17.1. The lowest BCUT2D eigenvalue weighted by Crippen LogP contribution is -2.69. The molecule has 156 valence electrons. The van der Waals surface area contributed by atoms with E-state index in [4.69, 9.17) is 28.4 Å². The molecular weight excluding hydrogens is 380 g/mol. The van der Waals surface area contributed by atoms with Crippen LogP contribution in [0.15, 0.2) is 11.1 Å². The maximum atomic E-state index is 12.2. The van der Waals surface area contributed by atoms with E-state index in [1.807, 2.05) is 6.92 Å². The van der Waals surface area contributed by atoms with Crippen molar-refractivity contribution in [3.63, 3.8) is 0 Å². The van der Waals surface area contributed by atoms with Crippen LogP contribution in [0.3, 0.4) is 0 Å². The number of rotatable bonds is 2. The molecule has 7 aliphatic rings. The van der Waals surface area contributed by atoms with Gasteiger partial charge in [0.1, 0.15) is 30.0 Å². The number of hydrogen-bond donors (Lipinski definition) is 0. The zero-order valence-corrected chi connectivity index (χ0v) is 16.7. The Kier molecular flexibility index (Phi) is 2.74. The van der Waals surface area contributed by atoms with E-state index in [1.54, 1.807) is 0 Å². The first-order chi connectivity index (χ1) is 13.9. The largest absolute Gasteiger partial charge is 0.508 e. The molecule has 0 aromatic heterocycles. The molecule has 0 amide bonds. The summed E-state index contributed by atoms with van der Waals surface area (Å²) < 4.78 is 35.2. The van der Waals surface area contributed by atoms with Crippen LogP contribution < -0.4 is 0 Å². The quantitative estimate of drug-likeness (QED) is 0.506. The van der Waals surface area contributed by atoms with Gasteiger partial charge in [-0.25, -0.2) is 9.59 Å². The predicted octanol–water partition coefficient (Wildman–Crippen LogP) is 1.65. The van der Waals surface area contributed by atoms with Gasteiger partial charge in [-0.15, -0.1) is 0 Å². The SMILES string of the molecule is CCC12OC1C1OC13C1(C)CCC4=C(COC4=O)C1CC1OC13C2OC(=O)OC. The van der Waals surface area contributed by atoms with Crippen LogP contribution in [-0.4, -0.2) is 67.1 Å². The molecule has 4 aliphatic heterocycles. The van der Waals surface area contributed by atoms with Gasteiger partial charge in [0.2, 0.25) is 0 Å². The third-order valence-corrected chi connectivity index (χ3v) is 9.18. The molecule has 0 N–H and O–H groups in total. The zero-order chi connectivity index (χ0) is 20.0. The van der Waals surface area contributed by atoms with Crippen LogP contribution in [0.5, 0.6) is 0 Å². The van der Waals surface area contributed by atoms with Crippen LogP contribution in [-0.2, 0) is 33.2 Å². The summed E-state index contributed by atoms with van der Waals surface area (Å²) in [5.41, 5.74) is -0.120. The molecule has 8 nitrogen and oxygen atoms in total. The number of hydrogen-bond acceptors (Lipinski definition) is 8. The first-order valence-corrected chi connectivity index (χ1v) is 10.6. The minimum absolute atomic E-state index is 0.0714. The van der Waals surface area contributed by atoms with Gasteiger partial charge in [-0.2, -0.15) is 0 Å². The molecule has 29 heavy (non-hydrogen) atoms. The maximum Gasteiger partial charge on any atom is 0.508 e. The zero-order valence-electron chi connectivity index (χ0n) is 16.7. The van der Waals surface area contributed by atoms with Crippen LogP contribution in [0.4, 0.5) is 4.79 Å². The summed E-state index contributed by atoms with van der Waals surface area (Å²) in [6.07, 6.45) is 1.43. The van der Waals surface area contributed by atoms with E-state index in [1.165, 1.54) is 7.11 Å². The topological polar surface area (TPSA) is 99.4 Å². The molecule has 0 aromatic carbocycles. The van der Waals surface area contributed by atoms with Crippen LogP contribution >= 0.6 is 0 Å². The number of fused-ring (bicyclic) bond motifs is 4. The van der Waals surface area contributed by atoms with Crippen molar-refractivity contribution in [1.82, 2.24) is 0 Å². The number of ether oxygens (including phenoxy) is 6. The molecule has 3 saturated heterocycles. The van der Waals surface area contributed by atoms with Crippen LogP contribution in [0.25, 0.3) is 0 Å². The van der Waals surface area contributed by atoms with Gasteiger partial charge >= 0.3 is 12.1 Å². The third-order valence-electron chi connectivity index (χ3n) is 9.18. The lowest BCUT2D eigenvalue weighted by atomic mass is 9.47. The molecule has 8 heteroatoms. The van der Waals surface area contributed by atoms with E-state index >= 15 is 0 Å². The van der Waals surface area contributed by atoms with Gasteiger partial charge in [0.15, 0.2) is 11.7 Å². The molecule has 7 rings (SSSR count). The van der Waals surface area contributed by atoms with Gasteiger partial charge in [-0.05, 0) is 37.2 Å². The molecule has 3 aliphatic carbocycles. The lowest BCUT2D eigenvalue weighted by Gasteiger charge is -2.53. The number of cyclic esters (lactones) is 1. The van der Waals surface area contributed by atoms with Gasteiger partial charge < -0.3 is 28.4 Å². The molecule has 9 atom stereocenters. The highest BCUT2D eigenvalue weighted by Gasteiger charge is 3.01. The van der Waals surface area contributed by atoms with Gasteiger partial charge in [-0.3, -0.25) is 0 Å². The highest BCUT2D eigenvalue weighted by molar-refractivity contribution is 5.92. The molecule has 0 radical (unpaired) electrons. The van der Waals surface area contributed by atoms with E-state index in [0.717, 1.165) is 24.0 Å². The Hall–Kier alpha value is -1.64. The smallest absolute Gasteiger partial charge is 0.458 e. The summed E-state index contributed by atoms with van der Waals surface area (Å²) in [5.74, 6) is -0.0117. The number of carbonyl (C=O) groups excluding carboxylic acids is 2. The molecule has 9 unspecified atom stereocenters. The average molecular weight is 404 g/mol. The molecule has 2 saturated carbocycles. The van der Waals surface area contributed by atoms with Crippen molar-refractivity contribution >= 4 is 12.1 Å². The Labute approximate surface area is 167 Å². The van der Waals surface area contributed by atoms with Crippen molar-refractivity contribution in [1.29, 1.82) is 0 Å². The van der Waals surface area contributed by atoms with E-state index in [2.05, 4.69) is 6.92 Å². The Morgan fingerprint density at radius 1 is 1.24 bits per heavy atom. The van der Waals surface area contributed by atoms with Crippen molar-refractivity contribution in [3.8, 4) is 0 Å². The van der Waals surface area contributed by atoms with Gasteiger partial charge in [0.05, 0.1) is 13.2 Å². The fourth-order valence-electron chi connectivity index (χ4n) is 7.76. The first-order valence-electron chi connectivity index (χ1n) is 10.6. The van der Waals surface area contributed by atoms with Gasteiger partial charge in [0.25, 0.3) is 0 Å². The average Bonchev–Trinajstić information content (AvgIpc) is 3.61. The Bertz CT molecular complexity index is 912. The number of esters is 1. The highest BCUT2D eigenvalue weighted by atomic mass is 16.8. The number of methoxy groups -OCH3 is 1. The summed E-state index contributed by atoms with van der Waals surface area (Å²) in [6.45, 7) is 4.67. The number of epoxide rings is 3. The van der Waals surface area contributed by atoms with Crippen molar-refractivity contribution < 1.29 is 38.0 Å². The summed E-state index contributed by atoms with van der Waals surface area (Å²) in [5, 5.41) is 0. The van der Waals surface area contributed by atoms with Crippen LogP contribution in [0.2, 0.25) is 0 Å². The second-order valence-electron chi connectivity index (χ2n) is 9.76. The second-order valence-corrected chi connectivity index (χ2v) is 9.76. The standard InChI is InChI=1S/C21H24O8/c1-4-19-13(28-19)14-21(29-14)18(2)6-5-9-10(8-25-15(9)22)11(18)7-12-20(21,27-12)16(19)26-17(23)24-3/h11-14,16H,4-8H2,1-3H3. The molecule has 0 aromatic rings. The monoisotopic (exact) mass is 404 g/mol. The van der Waals surface area contributed by atoms with E-state index in [0.29, 0.717) is 19.4 Å². The maximum absolute atomic E-state index is 12.2. The third kappa shape index (κ3) is 1.52. The van der Waals surface area contributed by atoms with E-state index in [-0.39, 0.29) is 35.6 Å². The summed E-state index contributed by atoms with van der Waals surface area (Å²) >= 11 is 0. The predicted molar refractivity (Wildman–Crippen MR) is 93.8 cm³/mol. The summed E-state index contributed by atoms with van der Waals surface area (Å²) in [4.78, 5) is 24.3. The van der Waals surface area contributed by atoms with Crippen LogP contribution in [0.1, 0.15) is 39.5 Å². The normalized spacial score (nSPS) is 57.2. The minimum Gasteiger partial charge on any atom is -0.458 e. The fourth-order valence-corrected chi connectivity index (χ4v) is 7.76. The Morgan fingerprint density at radius 2 is 2.07 bits per heavy atom. The van der Waals surface area contributed by atoms with Crippen LogP contribution in [0, 0.1) is 11.3 Å². The number of carbonyl (C=O) groups is 2. The van der Waals surface area contributed by atoms with Crippen molar-refractivity contribution in [3.05, 3.63) is 11.1 Å². The van der Waals surface area contributed by atoms with Gasteiger partial charge in [0, 0.05) is 11.0 Å². The molecule has 4 heterocycles. The Morgan fingerprint density at radius 3 is 2.83 bits per heavy atom.